The maximum Gasteiger partial charge on any atom is 0.252 e. The minimum absolute atomic E-state index is 0.173. The molecule has 5 heteroatoms. The largest absolute Gasteiger partial charge is 0.464 e. The van der Waals surface area contributed by atoms with Gasteiger partial charge in [-0.3, -0.25) is 9.59 Å². The van der Waals surface area contributed by atoms with Crippen molar-refractivity contribution >= 4 is 22.8 Å². The van der Waals surface area contributed by atoms with Gasteiger partial charge in [0.25, 0.3) is 11.8 Å². The lowest BCUT2D eigenvalue weighted by Crippen LogP contribution is -2.42. The Morgan fingerprint density at radius 2 is 1.57 bits per heavy atom. The van der Waals surface area contributed by atoms with E-state index in [1.807, 2.05) is 67.6 Å². The van der Waals surface area contributed by atoms with E-state index in [0.29, 0.717) is 23.3 Å². The van der Waals surface area contributed by atoms with Crippen molar-refractivity contribution in [3.63, 3.8) is 0 Å². The first-order chi connectivity index (χ1) is 14.6. The Labute approximate surface area is 174 Å². The molecule has 0 radical (unpaired) electrons. The highest BCUT2D eigenvalue weighted by molar-refractivity contribution is 6.06. The van der Waals surface area contributed by atoms with Crippen LogP contribution in [0.25, 0.3) is 22.1 Å². The highest BCUT2D eigenvalue weighted by atomic mass is 16.3. The summed E-state index contributed by atoms with van der Waals surface area (Å²) in [6.07, 6.45) is 1.56. The van der Waals surface area contributed by atoms with Gasteiger partial charge in [-0.05, 0) is 42.3 Å². The van der Waals surface area contributed by atoms with E-state index in [-0.39, 0.29) is 17.9 Å². The Kier molecular flexibility index (Phi) is 5.61. The molecule has 30 heavy (non-hydrogen) atoms. The van der Waals surface area contributed by atoms with Gasteiger partial charge in [0.2, 0.25) is 0 Å². The first-order valence-electron chi connectivity index (χ1n) is 9.83. The van der Waals surface area contributed by atoms with Crippen LogP contribution in [0.5, 0.6) is 0 Å². The van der Waals surface area contributed by atoms with Crippen molar-refractivity contribution in [3.05, 3.63) is 96.3 Å². The summed E-state index contributed by atoms with van der Waals surface area (Å²) in [5.41, 5.74) is 3.68. The molecule has 4 rings (SSSR count). The lowest BCUT2D eigenvalue weighted by Gasteiger charge is -2.17. The Balaban J connectivity index is 1.41. The topological polar surface area (TPSA) is 71.3 Å². The third kappa shape index (κ3) is 4.10. The first kappa shape index (κ1) is 19.5. The zero-order valence-electron chi connectivity index (χ0n) is 16.6. The van der Waals surface area contributed by atoms with Gasteiger partial charge >= 0.3 is 0 Å². The number of benzene rings is 3. The van der Waals surface area contributed by atoms with Crippen molar-refractivity contribution in [2.45, 2.75) is 13.0 Å². The van der Waals surface area contributed by atoms with Gasteiger partial charge in [-0.2, -0.15) is 0 Å². The van der Waals surface area contributed by atoms with Gasteiger partial charge in [0, 0.05) is 23.5 Å². The monoisotopic (exact) mass is 398 g/mol. The zero-order chi connectivity index (χ0) is 20.9. The summed E-state index contributed by atoms with van der Waals surface area (Å²) >= 11 is 0. The van der Waals surface area contributed by atoms with Gasteiger partial charge in [0.05, 0.1) is 11.8 Å². The molecule has 0 aliphatic carbocycles. The van der Waals surface area contributed by atoms with Crippen molar-refractivity contribution in [1.29, 1.82) is 0 Å². The fourth-order valence-corrected chi connectivity index (χ4v) is 3.44. The van der Waals surface area contributed by atoms with Gasteiger partial charge < -0.3 is 15.1 Å². The first-order valence-corrected chi connectivity index (χ1v) is 9.83. The van der Waals surface area contributed by atoms with Crippen molar-refractivity contribution < 1.29 is 14.0 Å². The predicted octanol–water partition coefficient (Wildman–Crippen LogP) is 4.65. The Hall–Kier alpha value is -3.86. The van der Waals surface area contributed by atoms with E-state index in [2.05, 4.69) is 10.6 Å². The second kappa shape index (κ2) is 8.66. The van der Waals surface area contributed by atoms with Gasteiger partial charge in [-0.25, -0.2) is 0 Å². The number of carbonyl (C=O) groups excluding carboxylic acids is 2. The van der Waals surface area contributed by atoms with Crippen molar-refractivity contribution in [2.24, 2.45) is 0 Å². The van der Waals surface area contributed by atoms with Crippen LogP contribution in [0.15, 0.2) is 89.5 Å². The summed E-state index contributed by atoms with van der Waals surface area (Å²) in [4.78, 5) is 25.5. The number of amides is 2. The predicted molar refractivity (Wildman–Crippen MR) is 117 cm³/mol. The minimum Gasteiger partial charge on any atom is -0.464 e. The molecule has 4 aromatic rings. The molecule has 0 aliphatic heterocycles. The molecule has 0 bridgehead atoms. The molecular weight excluding hydrogens is 376 g/mol. The maximum absolute atomic E-state index is 12.9. The normalized spacial score (nSPS) is 11.8. The quantitative estimate of drug-likeness (QED) is 0.497. The summed E-state index contributed by atoms with van der Waals surface area (Å²) in [6.45, 7) is 2.17. The van der Waals surface area contributed by atoms with E-state index in [0.717, 1.165) is 16.5 Å². The summed E-state index contributed by atoms with van der Waals surface area (Å²) in [7, 11) is 0. The standard InChI is InChI=1S/C25H22N2O3/c1-17(16-26-24(28)22-12-7-13-23-20(22)14-15-30-23)27-25(29)21-11-6-5-10-19(21)18-8-3-2-4-9-18/h2-15,17H,16H2,1H3,(H,26,28)(H,27,29)/t17-/m1/s1. The number of rotatable bonds is 6. The molecule has 1 heterocycles. The lowest BCUT2D eigenvalue weighted by molar-refractivity contribution is 0.0913. The Bertz CT molecular complexity index is 1180. The molecule has 2 amide bonds. The van der Waals surface area contributed by atoms with Crippen LogP contribution in [0.4, 0.5) is 0 Å². The third-order valence-corrected chi connectivity index (χ3v) is 4.94. The number of hydrogen-bond donors (Lipinski definition) is 2. The summed E-state index contributed by atoms with van der Waals surface area (Å²) in [5.74, 6) is -0.374. The SMILES string of the molecule is C[C@H](CNC(=O)c1cccc2occc12)NC(=O)c1ccccc1-c1ccccc1. The van der Waals surface area contributed by atoms with Crippen molar-refractivity contribution in [1.82, 2.24) is 10.6 Å². The number of hydrogen-bond acceptors (Lipinski definition) is 3. The molecule has 3 aromatic carbocycles. The fourth-order valence-electron chi connectivity index (χ4n) is 3.44. The van der Waals surface area contributed by atoms with Crippen LogP contribution in [-0.4, -0.2) is 24.4 Å². The lowest BCUT2D eigenvalue weighted by atomic mass is 9.99. The average Bonchev–Trinajstić information content (AvgIpc) is 3.27. The molecule has 0 aliphatic rings. The molecule has 0 spiro atoms. The van der Waals surface area contributed by atoms with Crippen LogP contribution in [0.2, 0.25) is 0 Å². The van der Waals surface area contributed by atoms with E-state index in [1.54, 1.807) is 24.5 Å². The maximum atomic E-state index is 12.9. The van der Waals surface area contributed by atoms with Gasteiger partial charge in [-0.15, -0.1) is 0 Å². The van der Waals surface area contributed by atoms with Crippen molar-refractivity contribution in [3.8, 4) is 11.1 Å². The number of furan rings is 1. The van der Waals surface area contributed by atoms with E-state index < -0.39 is 0 Å². The zero-order valence-corrected chi connectivity index (χ0v) is 16.6. The van der Waals surface area contributed by atoms with Gasteiger partial charge in [-0.1, -0.05) is 54.6 Å². The summed E-state index contributed by atoms with van der Waals surface area (Å²) in [5, 5.41) is 6.63. The second-order valence-electron chi connectivity index (χ2n) is 7.13. The third-order valence-electron chi connectivity index (χ3n) is 4.94. The van der Waals surface area contributed by atoms with E-state index in [1.165, 1.54) is 0 Å². The summed E-state index contributed by atoms with van der Waals surface area (Å²) < 4.78 is 5.35. The molecule has 150 valence electrons. The molecule has 0 saturated carbocycles. The summed E-state index contributed by atoms with van der Waals surface area (Å²) in [6, 6.07) is 24.2. The van der Waals surface area contributed by atoms with Crippen molar-refractivity contribution in [2.75, 3.05) is 6.54 Å². The molecule has 1 atom stereocenters. The van der Waals surface area contributed by atoms with Crippen LogP contribution < -0.4 is 10.6 Å². The molecule has 2 N–H and O–H groups in total. The minimum atomic E-state index is -0.242. The van der Waals surface area contributed by atoms with Crippen LogP contribution >= 0.6 is 0 Å². The van der Waals surface area contributed by atoms with E-state index in [4.69, 9.17) is 4.42 Å². The highest BCUT2D eigenvalue weighted by Gasteiger charge is 2.16. The number of carbonyl (C=O) groups is 2. The van der Waals surface area contributed by atoms with Crippen LogP contribution in [0, 0.1) is 0 Å². The number of nitrogens with one attached hydrogen (secondary N) is 2. The Morgan fingerprint density at radius 1 is 0.833 bits per heavy atom. The van der Waals surface area contributed by atoms with Gasteiger partial charge in [0.1, 0.15) is 5.58 Å². The number of fused-ring (bicyclic) bond motifs is 1. The second-order valence-corrected chi connectivity index (χ2v) is 7.13. The Morgan fingerprint density at radius 3 is 2.40 bits per heavy atom. The van der Waals surface area contributed by atoms with Crippen LogP contribution in [0.3, 0.4) is 0 Å². The molecule has 0 saturated heterocycles. The highest BCUT2D eigenvalue weighted by Crippen LogP contribution is 2.23. The fraction of sp³-hybridized carbons (Fsp3) is 0.120. The van der Waals surface area contributed by atoms with Crippen LogP contribution in [0.1, 0.15) is 27.6 Å². The molecule has 1 aromatic heterocycles. The smallest absolute Gasteiger partial charge is 0.252 e. The van der Waals surface area contributed by atoms with Crippen LogP contribution in [-0.2, 0) is 0 Å². The van der Waals surface area contributed by atoms with E-state index in [9.17, 15) is 9.59 Å². The molecule has 5 nitrogen and oxygen atoms in total. The van der Waals surface area contributed by atoms with E-state index >= 15 is 0 Å². The average molecular weight is 398 g/mol. The van der Waals surface area contributed by atoms with Gasteiger partial charge in [0.15, 0.2) is 0 Å². The molecular formula is C25H22N2O3. The molecule has 0 fully saturated rings. The molecule has 0 unspecified atom stereocenters.